The zero-order valence-electron chi connectivity index (χ0n) is 5.45. The molecule has 10 heavy (non-hydrogen) atoms. The molecule has 2 nitrogen and oxygen atoms in total. The molecule has 1 aromatic heterocycles. The van der Waals surface area contributed by atoms with Crippen LogP contribution in [0.2, 0.25) is 0 Å². The van der Waals surface area contributed by atoms with Crippen molar-refractivity contribution in [2.24, 2.45) is 0 Å². The maximum absolute atomic E-state index is 5.34. The number of ether oxygens (including phenoxy) is 1. The predicted octanol–water partition coefficient (Wildman–Crippen LogP) is 1.08. The van der Waals surface area contributed by atoms with E-state index in [1.54, 1.807) is 0 Å². The molecule has 0 radical (unpaired) electrons. The van der Waals surface area contributed by atoms with Crippen molar-refractivity contribution >= 4 is 0 Å². The molecule has 0 saturated carbocycles. The molecule has 0 N–H and O–H groups in total. The van der Waals surface area contributed by atoms with Crippen LogP contribution in [0.5, 0.6) is 0 Å². The standard InChI is InChI=1S/C8H7NO/c1-2-5-6(9-3-1)4-7-8(5)10-7/h1-3,7-8H,4H2/t7-,8+/m1/s1. The van der Waals surface area contributed by atoms with Crippen molar-refractivity contribution in [3.05, 3.63) is 29.6 Å². The number of hydrogen-bond acceptors (Lipinski definition) is 2. The third-order valence-corrected chi connectivity index (χ3v) is 2.21. The fourth-order valence-electron chi connectivity index (χ4n) is 1.64. The number of epoxide rings is 1. The Balaban J connectivity index is 2.22. The molecule has 50 valence electrons. The number of hydrogen-bond donors (Lipinski definition) is 0. The van der Waals surface area contributed by atoms with Crippen LogP contribution < -0.4 is 0 Å². The van der Waals surface area contributed by atoms with Crippen LogP contribution in [0.4, 0.5) is 0 Å². The molecule has 2 aliphatic rings. The van der Waals surface area contributed by atoms with Crippen LogP contribution in [0.1, 0.15) is 17.4 Å². The van der Waals surface area contributed by atoms with Crippen molar-refractivity contribution in [3.63, 3.8) is 0 Å². The first-order chi connectivity index (χ1) is 4.95. The predicted molar refractivity (Wildman–Crippen MR) is 35.6 cm³/mol. The van der Waals surface area contributed by atoms with Crippen LogP contribution in [0, 0.1) is 0 Å². The van der Waals surface area contributed by atoms with E-state index < -0.39 is 0 Å². The first-order valence-corrected chi connectivity index (χ1v) is 3.54. The normalized spacial score (nSPS) is 33.2. The summed E-state index contributed by atoms with van der Waals surface area (Å²) >= 11 is 0. The second kappa shape index (κ2) is 1.40. The van der Waals surface area contributed by atoms with Gasteiger partial charge in [0.05, 0.1) is 6.10 Å². The van der Waals surface area contributed by atoms with Crippen LogP contribution in [-0.2, 0) is 11.2 Å². The lowest BCUT2D eigenvalue weighted by atomic mass is 10.2. The molecule has 2 atom stereocenters. The average Bonchev–Trinajstić information content (AvgIpc) is 2.64. The molecule has 3 rings (SSSR count). The van der Waals surface area contributed by atoms with Crippen LogP contribution >= 0.6 is 0 Å². The summed E-state index contributed by atoms with van der Waals surface area (Å²) in [4.78, 5) is 4.26. The summed E-state index contributed by atoms with van der Waals surface area (Å²) in [6.07, 6.45) is 3.76. The summed E-state index contributed by atoms with van der Waals surface area (Å²) in [5.74, 6) is 0. The number of pyridine rings is 1. The summed E-state index contributed by atoms with van der Waals surface area (Å²) in [7, 11) is 0. The molecule has 2 heteroatoms. The summed E-state index contributed by atoms with van der Waals surface area (Å²) in [6, 6.07) is 4.09. The minimum Gasteiger partial charge on any atom is -0.364 e. The Labute approximate surface area is 58.8 Å². The van der Waals surface area contributed by atoms with Crippen molar-refractivity contribution in [3.8, 4) is 0 Å². The topological polar surface area (TPSA) is 25.4 Å². The number of fused-ring (bicyclic) bond motifs is 3. The second-order valence-electron chi connectivity index (χ2n) is 2.84. The van der Waals surface area contributed by atoms with E-state index in [2.05, 4.69) is 11.1 Å². The number of aromatic nitrogens is 1. The number of nitrogens with zero attached hydrogens (tertiary/aromatic N) is 1. The third kappa shape index (κ3) is 0.457. The van der Waals surface area contributed by atoms with Crippen molar-refractivity contribution in [2.45, 2.75) is 18.6 Å². The molecule has 1 aromatic rings. The van der Waals surface area contributed by atoms with E-state index in [4.69, 9.17) is 4.74 Å². The lowest BCUT2D eigenvalue weighted by molar-refractivity contribution is 0.358. The van der Waals surface area contributed by atoms with Gasteiger partial charge in [-0.2, -0.15) is 0 Å². The van der Waals surface area contributed by atoms with Gasteiger partial charge in [-0.1, -0.05) is 6.07 Å². The van der Waals surface area contributed by atoms with Gasteiger partial charge in [0.15, 0.2) is 0 Å². The van der Waals surface area contributed by atoms with Gasteiger partial charge in [-0.3, -0.25) is 4.98 Å². The van der Waals surface area contributed by atoms with Crippen molar-refractivity contribution < 1.29 is 4.74 Å². The minimum atomic E-state index is 0.406. The van der Waals surface area contributed by atoms with Gasteiger partial charge in [-0.15, -0.1) is 0 Å². The highest BCUT2D eigenvalue weighted by atomic mass is 16.6. The van der Waals surface area contributed by atoms with Crippen LogP contribution in [0.25, 0.3) is 0 Å². The van der Waals surface area contributed by atoms with Gasteiger partial charge in [0, 0.05) is 23.9 Å². The Bertz CT molecular complexity index is 284. The van der Waals surface area contributed by atoms with Crippen molar-refractivity contribution in [2.75, 3.05) is 0 Å². The van der Waals surface area contributed by atoms with Crippen LogP contribution in [-0.4, -0.2) is 11.1 Å². The molecule has 0 aromatic carbocycles. The zero-order valence-corrected chi connectivity index (χ0v) is 5.45. The minimum absolute atomic E-state index is 0.406. The molecule has 0 spiro atoms. The highest BCUT2D eigenvalue weighted by molar-refractivity contribution is 5.33. The highest BCUT2D eigenvalue weighted by Gasteiger charge is 2.47. The summed E-state index contributed by atoms with van der Waals surface area (Å²) in [5, 5.41) is 0. The van der Waals surface area contributed by atoms with Gasteiger partial charge < -0.3 is 4.74 Å². The van der Waals surface area contributed by atoms with Gasteiger partial charge in [0.25, 0.3) is 0 Å². The van der Waals surface area contributed by atoms with Gasteiger partial charge in [-0.05, 0) is 6.07 Å². The van der Waals surface area contributed by atoms with Crippen molar-refractivity contribution in [1.82, 2.24) is 4.98 Å². The van der Waals surface area contributed by atoms with Gasteiger partial charge in [-0.25, -0.2) is 0 Å². The smallest absolute Gasteiger partial charge is 0.111 e. The Morgan fingerprint density at radius 1 is 1.60 bits per heavy atom. The van der Waals surface area contributed by atoms with Gasteiger partial charge in [0.2, 0.25) is 0 Å². The maximum atomic E-state index is 5.34. The van der Waals surface area contributed by atoms with E-state index in [0.717, 1.165) is 6.42 Å². The van der Waals surface area contributed by atoms with E-state index in [-0.39, 0.29) is 0 Å². The first kappa shape index (κ1) is 4.85. The Hall–Kier alpha value is -0.890. The fraction of sp³-hybridized carbons (Fsp3) is 0.375. The SMILES string of the molecule is c1cnc2c(c1)[C@@H]1O[C@@H]1C2. The highest BCUT2D eigenvalue weighted by Crippen LogP contribution is 2.47. The third-order valence-electron chi connectivity index (χ3n) is 2.21. The Morgan fingerprint density at radius 3 is 3.50 bits per heavy atom. The largest absolute Gasteiger partial charge is 0.364 e. The molecular formula is C8H7NO. The average molecular weight is 133 g/mol. The van der Waals surface area contributed by atoms with E-state index in [0.29, 0.717) is 12.2 Å². The molecule has 0 amide bonds. The molecule has 0 bridgehead atoms. The Kier molecular flexibility index (Phi) is 0.680. The zero-order chi connectivity index (χ0) is 6.55. The maximum Gasteiger partial charge on any atom is 0.111 e. The van der Waals surface area contributed by atoms with Gasteiger partial charge in [0.1, 0.15) is 6.10 Å². The first-order valence-electron chi connectivity index (χ1n) is 3.54. The van der Waals surface area contributed by atoms with E-state index in [1.165, 1.54) is 11.3 Å². The Morgan fingerprint density at radius 2 is 2.60 bits per heavy atom. The second-order valence-corrected chi connectivity index (χ2v) is 2.84. The quantitative estimate of drug-likeness (QED) is 0.495. The summed E-state index contributed by atoms with van der Waals surface area (Å²) in [5.41, 5.74) is 2.55. The van der Waals surface area contributed by atoms with E-state index in [9.17, 15) is 0 Å². The lowest BCUT2D eigenvalue weighted by Crippen LogP contribution is -1.91. The molecule has 1 saturated heterocycles. The summed E-state index contributed by atoms with van der Waals surface area (Å²) < 4.78 is 5.34. The number of rotatable bonds is 0. The van der Waals surface area contributed by atoms with Crippen molar-refractivity contribution in [1.29, 1.82) is 0 Å². The lowest BCUT2D eigenvalue weighted by Gasteiger charge is -1.97. The van der Waals surface area contributed by atoms with Gasteiger partial charge >= 0.3 is 0 Å². The van der Waals surface area contributed by atoms with E-state index in [1.807, 2.05) is 12.3 Å². The monoisotopic (exact) mass is 133 g/mol. The van der Waals surface area contributed by atoms with E-state index >= 15 is 0 Å². The molecule has 2 heterocycles. The van der Waals surface area contributed by atoms with Crippen LogP contribution in [0.15, 0.2) is 18.3 Å². The summed E-state index contributed by atoms with van der Waals surface area (Å²) in [6.45, 7) is 0. The van der Waals surface area contributed by atoms with Crippen LogP contribution in [0.3, 0.4) is 0 Å². The molecule has 0 unspecified atom stereocenters. The molecule has 1 aliphatic heterocycles. The molecule has 1 aliphatic carbocycles. The molecule has 1 fully saturated rings. The molecular weight excluding hydrogens is 126 g/mol. The fourth-order valence-corrected chi connectivity index (χ4v) is 1.64.